The van der Waals surface area contributed by atoms with Crippen LogP contribution in [-0.4, -0.2) is 31.7 Å². The van der Waals surface area contributed by atoms with Gasteiger partial charge in [-0.3, -0.25) is 14.9 Å². The fourth-order valence-corrected chi connectivity index (χ4v) is 4.42. The van der Waals surface area contributed by atoms with E-state index in [2.05, 4.69) is 15.4 Å². The number of carbonyl (C=O) groups is 2. The largest absolute Gasteiger partial charge is 0.481 e. The van der Waals surface area contributed by atoms with Gasteiger partial charge >= 0.3 is 5.97 Å². The summed E-state index contributed by atoms with van der Waals surface area (Å²) in [6, 6.07) is 6.05. The van der Waals surface area contributed by atoms with Crippen LogP contribution in [0.15, 0.2) is 30.6 Å². The molecule has 2 fully saturated rings. The number of carboxylic acid groups (broad SMARTS) is 1. The molecule has 0 radical (unpaired) electrons. The van der Waals surface area contributed by atoms with Crippen molar-refractivity contribution < 1.29 is 19.1 Å². The number of halogens is 1. The average molecular weight is 358 g/mol. The van der Waals surface area contributed by atoms with E-state index in [-0.39, 0.29) is 29.5 Å². The maximum atomic E-state index is 12.9. The molecule has 2 bridgehead atoms. The molecule has 2 aliphatic carbocycles. The van der Waals surface area contributed by atoms with Crippen LogP contribution < -0.4 is 5.32 Å². The first-order valence-electron chi connectivity index (χ1n) is 8.69. The quantitative estimate of drug-likeness (QED) is 0.854. The second-order valence-corrected chi connectivity index (χ2v) is 7.10. The lowest BCUT2D eigenvalue weighted by Gasteiger charge is -2.26. The van der Waals surface area contributed by atoms with Crippen molar-refractivity contribution in [2.24, 2.45) is 23.7 Å². The number of aromatic nitrogens is 3. The van der Waals surface area contributed by atoms with Gasteiger partial charge in [-0.25, -0.2) is 14.1 Å². The Bertz CT molecular complexity index is 835. The van der Waals surface area contributed by atoms with Gasteiger partial charge in [0.25, 0.3) is 0 Å². The third kappa shape index (κ3) is 3.07. The van der Waals surface area contributed by atoms with Crippen molar-refractivity contribution in [3.8, 4) is 0 Å². The Morgan fingerprint density at radius 3 is 2.58 bits per heavy atom. The van der Waals surface area contributed by atoms with E-state index in [0.29, 0.717) is 6.54 Å². The number of benzene rings is 1. The number of hydrogen-bond donors (Lipinski definition) is 2. The number of nitrogens with zero attached hydrogens (tertiary/aromatic N) is 3. The van der Waals surface area contributed by atoms with Crippen molar-refractivity contribution in [1.82, 2.24) is 14.8 Å². The van der Waals surface area contributed by atoms with Gasteiger partial charge in [-0.2, -0.15) is 0 Å². The van der Waals surface area contributed by atoms with Crippen LogP contribution in [0.25, 0.3) is 0 Å². The van der Waals surface area contributed by atoms with Crippen LogP contribution in [0.2, 0.25) is 0 Å². The summed E-state index contributed by atoms with van der Waals surface area (Å²) in [5.74, 6) is -2.27. The lowest BCUT2D eigenvalue weighted by Crippen LogP contribution is -2.38. The highest BCUT2D eigenvalue weighted by Crippen LogP contribution is 2.52. The Labute approximate surface area is 149 Å². The van der Waals surface area contributed by atoms with Gasteiger partial charge in [-0.1, -0.05) is 12.1 Å². The van der Waals surface area contributed by atoms with Crippen molar-refractivity contribution in [3.05, 3.63) is 42.0 Å². The minimum absolute atomic E-state index is 0.0947. The third-order valence-corrected chi connectivity index (χ3v) is 5.53. The Hall–Kier alpha value is -2.77. The number of fused-ring (bicyclic) bond motifs is 2. The molecule has 0 aliphatic heterocycles. The molecule has 1 aromatic heterocycles. The lowest BCUT2D eigenvalue weighted by atomic mass is 9.79. The molecule has 1 heterocycles. The van der Waals surface area contributed by atoms with Gasteiger partial charge in [-0.05, 0) is 48.8 Å². The smallest absolute Gasteiger partial charge is 0.307 e. The average Bonchev–Trinajstić information content (AvgIpc) is 3.32. The Kier molecular flexibility index (Phi) is 4.18. The van der Waals surface area contributed by atoms with Crippen LogP contribution in [-0.2, 0) is 16.1 Å². The summed E-state index contributed by atoms with van der Waals surface area (Å²) in [5, 5.41) is 16.3. The molecule has 136 valence electrons. The molecule has 0 saturated heterocycles. The Morgan fingerprint density at radius 2 is 1.88 bits per heavy atom. The van der Waals surface area contributed by atoms with Crippen LogP contribution >= 0.6 is 0 Å². The fourth-order valence-electron chi connectivity index (χ4n) is 4.42. The Balaban J connectivity index is 1.43. The zero-order valence-corrected chi connectivity index (χ0v) is 14.0. The van der Waals surface area contributed by atoms with Crippen LogP contribution in [0.5, 0.6) is 0 Å². The maximum absolute atomic E-state index is 12.9. The van der Waals surface area contributed by atoms with Gasteiger partial charge in [0.15, 0.2) is 0 Å². The SMILES string of the molecule is O=C(O)[C@@H]1[C@@H]2CC[C@@H](C2)[C@@H]1C(=O)Nc1ncn(Cc2ccc(F)cc2)n1. The van der Waals surface area contributed by atoms with E-state index in [1.807, 2.05) is 0 Å². The second-order valence-electron chi connectivity index (χ2n) is 7.10. The molecule has 4 atom stereocenters. The number of rotatable bonds is 5. The maximum Gasteiger partial charge on any atom is 0.307 e. The van der Waals surface area contributed by atoms with Crippen molar-refractivity contribution in [2.45, 2.75) is 25.8 Å². The molecular formula is C18H19FN4O3. The topological polar surface area (TPSA) is 97.1 Å². The van der Waals surface area contributed by atoms with Crippen LogP contribution in [0.1, 0.15) is 24.8 Å². The van der Waals surface area contributed by atoms with Gasteiger partial charge in [0, 0.05) is 0 Å². The first kappa shape index (κ1) is 16.7. The highest BCUT2D eigenvalue weighted by molar-refractivity contribution is 5.94. The number of anilines is 1. The number of carboxylic acids is 1. The van der Waals surface area contributed by atoms with Crippen LogP contribution in [0.4, 0.5) is 10.3 Å². The Morgan fingerprint density at radius 1 is 1.19 bits per heavy atom. The lowest BCUT2D eigenvalue weighted by molar-refractivity contribution is -0.148. The van der Waals surface area contributed by atoms with Gasteiger partial charge in [-0.15, -0.1) is 5.10 Å². The highest BCUT2D eigenvalue weighted by Gasteiger charge is 2.54. The first-order valence-corrected chi connectivity index (χ1v) is 8.69. The summed E-state index contributed by atoms with van der Waals surface area (Å²) in [6.45, 7) is 0.398. The van der Waals surface area contributed by atoms with E-state index in [0.717, 1.165) is 24.8 Å². The van der Waals surface area contributed by atoms with E-state index >= 15 is 0 Å². The number of nitrogens with one attached hydrogen (secondary N) is 1. The normalized spacial score (nSPS) is 26.8. The molecule has 1 amide bonds. The molecule has 2 N–H and O–H groups in total. The van der Waals surface area contributed by atoms with E-state index < -0.39 is 17.8 Å². The van der Waals surface area contributed by atoms with Gasteiger partial charge in [0.2, 0.25) is 11.9 Å². The summed E-state index contributed by atoms with van der Waals surface area (Å²) in [4.78, 5) is 28.2. The van der Waals surface area contributed by atoms with Crippen molar-refractivity contribution in [2.75, 3.05) is 5.32 Å². The molecule has 2 aromatic rings. The van der Waals surface area contributed by atoms with Crippen molar-refractivity contribution in [1.29, 1.82) is 0 Å². The highest BCUT2D eigenvalue weighted by atomic mass is 19.1. The molecule has 7 nitrogen and oxygen atoms in total. The number of amides is 1. The monoisotopic (exact) mass is 358 g/mol. The minimum Gasteiger partial charge on any atom is -0.481 e. The zero-order valence-electron chi connectivity index (χ0n) is 14.0. The predicted octanol–water partition coefficient (Wildman–Crippen LogP) is 2.15. The van der Waals surface area contributed by atoms with Gasteiger partial charge in [0.1, 0.15) is 12.1 Å². The van der Waals surface area contributed by atoms with Crippen LogP contribution in [0.3, 0.4) is 0 Å². The zero-order chi connectivity index (χ0) is 18.3. The second kappa shape index (κ2) is 6.51. The molecule has 4 rings (SSSR count). The summed E-state index contributed by atoms with van der Waals surface area (Å²) >= 11 is 0. The van der Waals surface area contributed by atoms with E-state index in [4.69, 9.17) is 0 Å². The molecule has 26 heavy (non-hydrogen) atoms. The molecule has 2 saturated carbocycles. The van der Waals surface area contributed by atoms with E-state index in [9.17, 15) is 19.1 Å². The van der Waals surface area contributed by atoms with Crippen molar-refractivity contribution >= 4 is 17.8 Å². The summed E-state index contributed by atoms with van der Waals surface area (Å²) in [7, 11) is 0. The first-order chi connectivity index (χ1) is 12.5. The minimum atomic E-state index is -0.896. The predicted molar refractivity (Wildman–Crippen MR) is 89.6 cm³/mol. The summed E-state index contributed by atoms with van der Waals surface area (Å²) in [5.41, 5.74) is 0.855. The molecule has 0 unspecified atom stereocenters. The molecule has 0 spiro atoms. The molecule has 1 aromatic carbocycles. The van der Waals surface area contributed by atoms with E-state index in [1.165, 1.54) is 18.5 Å². The summed E-state index contributed by atoms with van der Waals surface area (Å²) < 4.78 is 14.5. The fraction of sp³-hybridized carbons (Fsp3) is 0.444. The van der Waals surface area contributed by atoms with Gasteiger partial charge < -0.3 is 5.11 Å². The van der Waals surface area contributed by atoms with E-state index in [1.54, 1.807) is 16.8 Å². The third-order valence-electron chi connectivity index (χ3n) is 5.53. The number of aliphatic carboxylic acids is 1. The van der Waals surface area contributed by atoms with Gasteiger partial charge in [0.05, 0.1) is 18.4 Å². The molecule has 8 heteroatoms. The number of carbonyl (C=O) groups excluding carboxylic acids is 1. The van der Waals surface area contributed by atoms with Crippen LogP contribution in [0, 0.1) is 29.5 Å². The summed E-state index contributed by atoms with van der Waals surface area (Å²) in [6.07, 6.45) is 4.07. The standard InChI is InChI=1S/C18H19FN4O3/c19-13-5-1-10(2-6-13)8-23-9-20-18(22-23)21-16(24)14-11-3-4-12(7-11)15(14)17(25)26/h1-2,5-6,9,11-12,14-15H,3-4,7-8H2,(H,25,26)(H,21,22,24)/t11-,12+,14-,15+/m0/s1. The number of hydrogen-bond acceptors (Lipinski definition) is 4. The molecular weight excluding hydrogens is 339 g/mol. The molecule has 2 aliphatic rings. The van der Waals surface area contributed by atoms with Crippen molar-refractivity contribution in [3.63, 3.8) is 0 Å².